The number of carboxylic acid groups (broad SMARTS) is 1. The number of benzene rings is 1. The van der Waals surface area contributed by atoms with E-state index in [-0.39, 0.29) is 23.5 Å². The quantitative estimate of drug-likeness (QED) is 0.944. The van der Waals surface area contributed by atoms with Gasteiger partial charge in [-0.05, 0) is 37.5 Å². The molecule has 22 heavy (non-hydrogen) atoms. The van der Waals surface area contributed by atoms with Crippen LogP contribution >= 0.6 is 0 Å². The van der Waals surface area contributed by atoms with E-state index >= 15 is 0 Å². The predicted octanol–water partition coefficient (Wildman–Crippen LogP) is 3.26. The third-order valence-electron chi connectivity index (χ3n) is 4.00. The minimum Gasteiger partial charge on any atom is -0.475 e. The van der Waals surface area contributed by atoms with E-state index in [1.807, 2.05) is 31.2 Å². The molecular formula is C17H17NO4. The number of carbonyl (C=O) groups is 2. The van der Waals surface area contributed by atoms with Gasteiger partial charge in [0, 0.05) is 6.54 Å². The fourth-order valence-electron chi connectivity index (χ4n) is 2.85. The van der Waals surface area contributed by atoms with E-state index in [2.05, 4.69) is 0 Å². The molecule has 3 rings (SSSR count). The van der Waals surface area contributed by atoms with E-state index < -0.39 is 5.97 Å². The largest absolute Gasteiger partial charge is 0.475 e. The molecule has 2 heterocycles. The Morgan fingerprint density at radius 2 is 1.82 bits per heavy atom. The molecule has 0 aliphatic carbocycles. The third kappa shape index (κ3) is 2.62. The SMILES string of the molecule is Cc1ccc(C2CCCN2C(=O)c2ccc(C(=O)O)o2)cc1. The number of amides is 1. The third-order valence-corrected chi connectivity index (χ3v) is 4.00. The number of rotatable bonds is 3. The van der Waals surface area contributed by atoms with Crippen LogP contribution in [0.15, 0.2) is 40.8 Å². The van der Waals surface area contributed by atoms with Crippen molar-refractivity contribution in [2.45, 2.75) is 25.8 Å². The maximum atomic E-state index is 12.6. The van der Waals surface area contributed by atoms with Crippen LogP contribution < -0.4 is 0 Å². The van der Waals surface area contributed by atoms with Gasteiger partial charge in [0.25, 0.3) is 5.91 Å². The monoisotopic (exact) mass is 299 g/mol. The topological polar surface area (TPSA) is 70.8 Å². The Hall–Kier alpha value is -2.56. The van der Waals surface area contributed by atoms with E-state index in [0.29, 0.717) is 6.54 Å². The van der Waals surface area contributed by atoms with Crippen molar-refractivity contribution >= 4 is 11.9 Å². The number of nitrogens with zero attached hydrogens (tertiary/aromatic N) is 1. The van der Waals surface area contributed by atoms with Crippen LogP contribution in [0.1, 0.15) is 51.1 Å². The number of carboxylic acids is 1. The van der Waals surface area contributed by atoms with Gasteiger partial charge in [0.1, 0.15) is 0 Å². The lowest BCUT2D eigenvalue weighted by Gasteiger charge is -2.24. The van der Waals surface area contributed by atoms with Crippen molar-refractivity contribution in [3.8, 4) is 0 Å². The van der Waals surface area contributed by atoms with Crippen molar-refractivity contribution in [2.75, 3.05) is 6.54 Å². The first-order valence-corrected chi connectivity index (χ1v) is 7.27. The number of furan rings is 1. The summed E-state index contributed by atoms with van der Waals surface area (Å²) >= 11 is 0. The lowest BCUT2D eigenvalue weighted by atomic mass is 10.0. The van der Waals surface area contributed by atoms with Crippen LogP contribution in [0.3, 0.4) is 0 Å². The maximum absolute atomic E-state index is 12.6. The van der Waals surface area contributed by atoms with Gasteiger partial charge >= 0.3 is 5.97 Å². The molecule has 0 saturated carbocycles. The van der Waals surface area contributed by atoms with Gasteiger partial charge in [-0.2, -0.15) is 0 Å². The normalized spacial score (nSPS) is 17.7. The minimum absolute atomic E-state index is 0.0199. The molecule has 1 saturated heterocycles. The second-order valence-corrected chi connectivity index (χ2v) is 5.54. The van der Waals surface area contributed by atoms with Crippen molar-refractivity contribution in [1.82, 2.24) is 4.90 Å². The summed E-state index contributed by atoms with van der Waals surface area (Å²) in [6.45, 7) is 2.68. The molecule has 1 aliphatic rings. The summed E-state index contributed by atoms with van der Waals surface area (Å²) in [6.07, 6.45) is 1.83. The fraction of sp³-hybridized carbons (Fsp3) is 0.294. The first-order valence-electron chi connectivity index (χ1n) is 7.27. The summed E-state index contributed by atoms with van der Waals surface area (Å²) in [4.78, 5) is 25.2. The molecule has 1 aromatic carbocycles. The van der Waals surface area contributed by atoms with Crippen molar-refractivity contribution in [3.63, 3.8) is 0 Å². The van der Waals surface area contributed by atoms with Crippen LogP contribution in [-0.4, -0.2) is 28.4 Å². The van der Waals surface area contributed by atoms with Gasteiger partial charge in [-0.25, -0.2) is 4.79 Å². The van der Waals surface area contributed by atoms with Gasteiger partial charge in [0.05, 0.1) is 6.04 Å². The summed E-state index contributed by atoms with van der Waals surface area (Å²) in [5.74, 6) is -1.56. The predicted molar refractivity (Wildman–Crippen MR) is 79.9 cm³/mol. The number of aryl methyl sites for hydroxylation is 1. The van der Waals surface area contributed by atoms with Gasteiger partial charge in [-0.3, -0.25) is 4.79 Å². The highest BCUT2D eigenvalue weighted by atomic mass is 16.4. The fourth-order valence-corrected chi connectivity index (χ4v) is 2.85. The molecular weight excluding hydrogens is 282 g/mol. The van der Waals surface area contributed by atoms with Crippen LogP contribution in [0.5, 0.6) is 0 Å². The minimum atomic E-state index is -1.17. The summed E-state index contributed by atoms with van der Waals surface area (Å²) in [5.41, 5.74) is 2.28. The summed E-state index contributed by atoms with van der Waals surface area (Å²) in [6, 6.07) is 10.9. The Labute approximate surface area is 128 Å². The second-order valence-electron chi connectivity index (χ2n) is 5.54. The zero-order valence-electron chi connectivity index (χ0n) is 12.3. The standard InChI is InChI=1S/C17H17NO4/c1-11-4-6-12(7-5-11)13-3-2-10-18(13)16(19)14-8-9-15(22-14)17(20)21/h4-9,13H,2-3,10H2,1H3,(H,20,21). The zero-order chi connectivity index (χ0) is 15.7. The van der Waals surface area contributed by atoms with E-state index in [4.69, 9.17) is 9.52 Å². The smallest absolute Gasteiger partial charge is 0.371 e. The van der Waals surface area contributed by atoms with Crippen molar-refractivity contribution < 1.29 is 19.1 Å². The Bertz CT molecular complexity index is 702. The van der Waals surface area contributed by atoms with Gasteiger partial charge < -0.3 is 14.4 Å². The number of aromatic carboxylic acids is 1. The van der Waals surface area contributed by atoms with Crippen LogP contribution in [0.4, 0.5) is 0 Å². The number of hydrogen-bond donors (Lipinski definition) is 1. The highest BCUT2D eigenvalue weighted by molar-refractivity contribution is 5.94. The Morgan fingerprint density at radius 3 is 2.45 bits per heavy atom. The average Bonchev–Trinajstić information content (AvgIpc) is 3.17. The lowest BCUT2D eigenvalue weighted by molar-refractivity contribution is 0.0645. The Kier molecular flexibility index (Phi) is 3.71. The Morgan fingerprint density at radius 1 is 1.14 bits per heavy atom. The van der Waals surface area contributed by atoms with Crippen molar-refractivity contribution in [1.29, 1.82) is 0 Å². The molecule has 0 spiro atoms. The molecule has 5 heteroatoms. The van der Waals surface area contributed by atoms with Crippen molar-refractivity contribution in [2.24, 2.45) is 0 Å². The van der Waals surface area contributed by atoms with E-state index in [1.54, 1.807) is 4.90 Å². The molecule has 0 bridgehead atoms. The molecule has 1 atom stereocenters. The van der Waals surface area contributed by atoms with E-state index in [1.165, 1.54) is 17.7 Å². The van der Waals surface area contributed by atoms with Gasteiger partial charge in [0.15, 0.2) is 5.76 Å². The van der Waals surface area contributed by atoms with Crippen LogP contribution in [0, 0.1) is 6.92 Å². The molecule has 1 fully saturated rings. The highest BCUT2D eigenvalue weighted by Crippen LogP contribution is 2.33. The highest BCUT2D eigenvalue weighted by Gasteiger charge is 2.32. The lowest BCUT2D eigenvalue weighted by Crippen LogP contribution is -2.30. The van der Waals surface area contributed by atoms with Gasteiger partial charge in [-0.15, -0.1) is 0 Å². The summed E-state index contributed by atoms with van der Waals surface area (Å²) in [7, 11) is 0. The molecule has 1 unspecified atom stereocenters. The molecule has 1 aliphatic heterocycles. The van der Waals surface area contributed by atoms with Crippen LogP contribution in [0.2, 0.25) is 0 Å². The molecule has 114 valence electrons. The average molecular weight is 299 g/mol. The van der Waals surface area contributed by atoms with E-state index in [9.17, 15) is 9.59 Å². The maximum Gasteiger partial charge on any atom is 0.371 e. The van der Waals surface area contributed by atoms with Crippen LogP contribution in [-0.2, 0) is 0 Å². The molecule has 0 radical (unpaired) electrons. The Balaban J connectivity index is 1.84. The molecule has 1 amide bonds. The molecule has 1 N–H and O–H groups in total. The molecule has 2 aromatic rings. The van der Waals surface area contributed by atoms with E-state index in [0.717, 1.165) is 18.4 Å². The number of likely N-dealkylation sites (tertiary alicyclic amines) is 1. The summed E-state index contributed by atoms with van der Waals surface area (Å²) < 4.78 is 5.13. The van der Waals surface area contributed by atoms with Gasteiger partial charge in [0.2, 0.25) is 5.76 Å². The molecule has 5 nitrogen and oxygen atoms in total. The van der Waals surface area contributed by atoms with Gasteiger partial charge in [-0.1, -0.05) is 29.8 Å². The second kappa shape index (κ2) is 5.67. The number of hydrogen-bond acceptors (Lipinski definition) is 3. The first-order chi connectivity index (χ1) is 10.6. The van der Waals surface area contributed by atoms with Crippen molar-refractivity contribution in [3.05, 3.63) is 59.0 Å². The first kappa shape index (κ1) is 14.4. The molecule has 1 aromatic heterocycles. The van der Waals surface area contributed by atoms with Crippen LogP contribution in [0.25, 0.3) is 0 Å². The summed E-state index contributed by atoms with van der Waals surface area (Å²) in [5, 5.41) is 8.88. The zero-order valence-corrected chi connectivity index (χ0v) is 12.3. The number of carbonyl (C=O) groups excluding carboxylic acids is 1.